The van der Waals surface area contributed by atoms with Crippen LogP contribution in [0.2, 0.25) is 0 Å². The Morgan fingerprint density at radius 1 is 0.968 bits per heavy atom. The van der Waals surface area contributed by atoms with E-state index in [4.69, 9.17) is 24.7 Å². The van der Waals surface area contributed by atoms with Gasteiger partial charge in [-0.1, -0.05) is 13.8 Å². The monoisotopic (exact) mass is 448 g/mol. The number of rotatable bonds is 7. The Hall–Kier alpha value is -1.47. The first-order chi connectivity index (χ1) is 14.7. The fourth-order valence-electron chi connectivity index (χ4n) is 3.97. The van der Waals surface area contributed by atoms with Crippen LogP contribution < -0.4 is 11.1 Å². The molecule has 0 aliphatic carbocycles. The summed E-state index contributed by atoms with van der Waals surface area (Å²) in [6, 6.07) is -1.25. The average Bonchev–Trinajstić information content (AvgIpc) is 2.76. The second-order valence-electron chi connectivity index (χ2n) is 7.61. The van der Waals surface area contributed by atoms with E-state index in [0.29, 0.717) is 25.4 Å². The number of hydrogen-bond donors (Lipinski definition) is 4. The molecule has 11 nitrogen and oxygen atoms in total. The van der Waals surface area contributed by atoms with Crippen molar-refractivity contribution in [1.82, 2.24) is 5.32 Å². The molecule has 2 aliphatic heterocycles. The van der Waals surface area contributed by atoms with Crippen LogP contribution in [0.3, 0.4) is 0 Å². The number of hydrogen-bond acceptors (Lipinski definition) is 10. The molecule has 2 aliphatic rings. The second kappa shape index (κ2) is 13.2. The summed E-state index contributed by atoms with van der Waals surface area (Å²) in [4.78, 5) is 32.7. The molecule has 0 aromatic carbocycles. The number of nitrogens with one attached hydrogen (secondary N) is 1. The summed E-state index contributed by atoms with van der Waals surface area (Å²) in [6.07, 6.45) is -1.89. The molecule has 2 heterocycles. The fourth-order valence-corrected chi connectivity index (χ4v) is 3.97. The van der Waals surface area contributed by atoms with Crippen molar-refractivity contribution in [2.45, 2.75) is 82.7 Å². The van der Waals surface area contributed by atoms with E-state index < -0.39 is 49.1 Å². The topological polar surface area (TPSA) is 167 Å². The Morgan fingerprint density at radius 3 is 1.81 bits per heavy atom. The maximum atomic E-state index is 11.1. The summed E-state index contributed by atoms with van der Waals surface area (Å²) in [7, 11) is 2.84. The quantitative estimate of drug-likeness (QED) is 0.344. The molecule has 11 heteroatoms. The van der Waals surface area contributed by atoms with Gasteiger partial charge in [0.25, 0.3) is 0 Å². The molecule has 2 saturated heterocycles. The van der Waals surface area contributed by atoms with Gasteiger partial charge in [0.15, 0.2) is 12.6 Å². The molecule has 0 spiro atoms. The highest BCUT2D eigenvalue weighted by atomic mass is 16.7. The number of aldehydes is 2. The van der Waals surface area contributed by atoms with E-state index in [9.17, 15) is 24.6 Å². The summed E-state index contributed by atoms with van der Waals surface area (Å²) in [6.45, 7) is 5.09. The van der Waals surface area contributed by atoms with Gasteiger partial charge >= 0.3 is 0 Å². The summed E-state index contributed by atoms with van der Waals surface area (Å²) >= 11 is 0. The molecule has 31 heavy (non-hydrogen) atoms. The Balaban J connectivity index is 0.000000316. The average molecular weight is 449 g/mol. The lowest BCUT2D eigenvalue weighted by atomic mass is 9.86. The minimum atomic E-state index is -0.863. The van der Waals surface area contributed by atoms with E-state index in [2.05, 4.69) is 5.32 Å². The van der Waals surface area contributed by atoms with Crippen LogP contribution in [-0.4, -0.2) is 92.0 Å². The van der Waals surface area contributed by atoms with Crippen molar-refractivity contribution in [3.8, 4) is 0 Å². The van der Waals surface area contributed by atoms with Crippen LogP contribution in [0, 0.1) is 11.8 Å². The summed E-state index contributed by atoms with van der Waals surface area (Å²) in [5.41, 5.74) is 5.70. The zero-order chi connectivity index (χ0) is 23.7. The van der Waals surface area contributed by atoms with Crippen LogP contribution >= 0.6 is 0 Å². The molecule has 0 bridgehead atoms. The molecule has 0 aromatic heterocycles. The van der Waals surface area contributed by atoms with Gasteiger partial charge < -0.3 is 49.8 Å². The normalized spacial score (nSPS) is 40.3. The zero-order valence-electron chi connectivity index (χ0n) is 18.7. The van der Waals surface area contributed by atoms with Crippen LogP contribution in [-0.2, 0) is 33.3 Å². The summed E-state index contributed by atoms with van der Waals surface area (Å²) in [5, 5.41) is 22.5. The largest absolute Gasteiger partial charge is 0.391 e. The van der Waals surface area contributed by atoms with Gasteiger partial charge in [-0.25, -0.2) is 0 Å². The Morgan fingerprint density at radius 2 is 1.42 bits per heavy atom. The van der Waals surface area contributed by atoms with E-state index in [1.165, 1.54) is 21.1 Å². The van der Waals surface area contributed by atoms with Crippen molar-refractivity contribution in [3.05, 3.63) is 0 Å². The SMILES string of the molecule is CCC1C(C=O)OC(OC)C(N)C1O.CCC1C(C=O)OC(OC)C(NC(C)=O)C1O. The third-order valence-corrected chi connectivity index (χ3v) is 5.72. The molecule has 5 N–H and O–H groups in total. The number of aliphatic hydroxyl groups is 2. The van der Waals surface area contributed by atoms with Crippen LogP contribution in [0.4, 0.5) is 0 Å². The van der Waals surface area contributed by atoms with Gasteiger partial charge in [-0.15, -0.1) is 0 Å². The van der Waals surface area contributed by atoms with E-state index >= 15 is 0 Å². The van der Waals surface area contributed by atoms with E-state index in [-0.39, 0.29) is 17.7 Å². The van der Waals surface area contributed by atoms with Crippen molar-refractivity contribution in [2.24, 2.45) is 17.6 Å². The number of carbonyl (C=O) groups is 3. The minimum Gasteiger partial charge on any atom is -0.391 e. The number of ether oxygens (including phenoxy) is 4. The lowest BCUT2D eigenvalue weighted by molar-refractivity contribution is -0.234. The third-order valence-electron chi connectivity index (χ3n) is 5.72. The van der Waals surface area contributed by atoms with Gasteiger partial charge in [0.1, 0.15) is 30.8 Å². The highest BCUT2D eigenvalue weighted by Crippen LogP contribution is 2.28. The lowest BCUT2D eigenvalue weighted by Crippen LogP contribution is -2.61. The summed E-state index contributed by atoms with van der Waals surface area (Å²) < 4.78 is 20.7. The molecule has 0 aromatic rings. The maximum absolute atomic E-state index is 11.1. The highest BCUT2D eigenvalue weighted by Gasteiger charge is 2.45. The van der Waals surface area contributed by atoms with Crippen LogP contribution in [0.25, 0.3) is 0 Å². The van der Waals surface area contributed by atoms with Crippen LogP contribution in [0.15, 0.2) is 0 Å². The Labute approximate surface area is 182 Å². The highest BCUT2D eigenvalue weighted by molar-refractivity contribution is 5.73. The number of carbonyl (C=O) groups excluding carboxylic acids is 3. The predicted molar refractivity (Wildman–Crippen MR) is 109 cm³/mol. The number of methoxy groups -OCH3 is 2. The molecule has 10 unspecified atom stereocenters. The third kappa shape index (κ3) is 6.75. The zero-order valence-corrected chi connectivity index (χ0v) is 18.7. The van der Waals surface area contributed by atoms with Gasteiger partial charge in [0.05, 0.1) is 18.2 Å². The Kier molecular flexibility index (Phi) is 11.7. The van der Waals surface area contributed by atoms with Crippen LogP contribution in [0.5, 0.6) is 0 Å². The minimum absolute atomic E-state index is 0.242. The molecular weight excluding hydrogens is 412 g/mol. The first kappa shape index (κ1) is 27.6. The standard InChI is InChI=1S/C11H19NO5.C9H17NO4/c1-4-7-8(5-13)17-11(16-3)9(10(7)15)12-6(2)14;1-3-5-6(4-11)14-9(13-2)7(10)8(5)12/h5,7-11,15H,4H2,1-3H3,(H,12,14);4-9,12H,3,10H2,1-2H3. The van der Waals surface area contributed by atoms with Crippen molar-refractivity contribution < 1.29 is 43.5 Å². The maximum Gasteiger partial charge on any atom is 0.217 e. The van der Waals surface area contributed by atoms with Gasteiger partial charge in [-0.2, -0.15) is 0 Å². The van der Waals surface area contributed by atoms with Crippen molar-refractivity contribution in [1.29, 1.82) is 0 Å². The molecule has 2 fully saturated rings. The molecule has 1 amide bonds. The molecule has 180 valence electrons. The van der Waals surface area contributed by atoms with Gasteiger partial charge in [0.2, 0.25) is 5.91 Å². The number of aliphatic hydroxyl groups excluding tert-OH is 2. The summed E-state index contributed by atoms with van der Waals surface area (Å²) in [5.74, 6) is -0.858. The van der Waals surface area contributed by atoms with Gasteiger partial charge in [-0.3, -0.25) is 4.79 Å². The molecule has 0 saturated carbocycles. The van der Waals surface area contributed by atoms with Crippen molar-refractivity contribution in [2.75, 3.05) is 14.2 Å². The first-order valence-corrected chi connectivity index (χ1v) is 10.4. The number of nitrogens with two attached hydrogens (primary N) is 1. The van der Waals surface area contributed by atoms with Crippen LogP contribution in [0.1, 0.15) is 33.6 Å². The van der Waals surface area contributed by atoms with E-state index in [0.717, 1.165) is 0 Å². The predicted octanol–water partition coefficient (Wildman–Crippen LogP) is -1.28. The van der Waals surface area contributed by atoms with Gasteiger partial charge in [0, 0.05) is 33.0 Å². The first-order valence-electron chi connectivity index (χ1n) is 10.4. The smallest absolute Gasteiger partial charge is 0.217 e. The van der Waals surface area contributed by atoms with E-state index in [1.807, 2.05) is 13.8 Å². The van der Waals surface area contributed by atoms with Crippen molar-refractivity contribution in [3.63, 3.8) is 0 Å². The molecule has 0 radical (unpaired) electrons. The molecule has 10 atom stereocenters. The molecular formula is C20H36N2O9. The van der Waals surface area contributed by atoms with Gasteiger partial charge in [-0.05, 0) is 12.8 Å². The molecule has 2 rings (SSSR count). The second-order valence-corrected chi connectivity index (χ2v) is 7.61. The van der Waals surface area contributed by atoms with Crippen molar-refractivity contribution >= 4 is 18.5 Å². The lowest BCUT2D eigenvalue weighted by Gasteiger charge is -2.42. The van der Waals surface area contributed by atoms with E-state index in [1.54, 1.807) is 0 Å². The fraction of sp³-hybridized carbons (Fsp3) is 0.850. The number of amides is 1. The Bertz CT molecular complexity index is 579.